The number of allylic oxidation sites excluding steroid dienone is 11. The highest BCUT2D eigenvalue weighted by atomic mass is 16.6. The zero-order valence-corrected chi connectivity index (χ0v) is 31.7. The van der Waals surface area contributed by atoms with Crippen LogP contribution < -0.4 is 0 Å². The van der Waals surface area contributed by atoms with E-state index in [-0.39, 0.29) is 19.4 Å². The number of ether oxygens (including phenoxy) is 4. The number of rotatable bonds is 31. The highest BCUT2D eigenvalue weighted by molar-refractivity contribution is 6.36. The van der Waals surface area contributed by atoms with E-state index in [1.54, 1.807) is 6.08 Å². The maximum Gasteiger partial charge on any atom is 0.375 e. The molecule has 10 nitrogen and oxygen atoms in total. The summed E-state index contributed by atoms with van der Waals surface area (Å²) in [6.45, 7) is 5.33. The molecule has 0 bridgehead atoms. The van der Waals surface area contributed by atoms with Crippen molar-refractivity contribution >= 4 is 35.6 Å². The number of carbonyl (C=O) groups excluding carboxylic acids is 6. The molecular weight excluding hydrogens is 664 g/mol. The topological polar surface area (TPSA) is 139 Å². The van der Waals surface area contributed by atoms with Gasteiger partial charge in [-0.25, -0.2) is 9.59 Å². The fourth-order valence-electron chi connectivity index (χ4n) is 4.39. The summed E-state index contributed by atoms with van der Waals surface area (Å²) in [6.07, 6.45) is 34.9. The van der Waals surface area contributed by atoms with E-state index < -0.39 is 54.8 Å². The lowest BCUT2D eigenvalue weighted by Crippen LogP contribution is -2.32. The van der Waals surface area contributed by atoms with Crippen LogP contribution in [0.25, 0.3) is 0 Å². The van der Waals surface area contributed by atoms with Gasteiger partial charge in [0.15, 0.2) is 6.10 Å². The lowest BCUT2D eigenvalue weighted by molar-refractivity contribution is -0.169. The van der Waals surface area contributed by atoms with Crippen molar-refractivity contribution in [2.24, 2.45) is 0 Å². The minimum Gasteiger partial charge on any atom is -0.462 e. The molecule has 0 saturated heterocycles. The van der Waals surface area contributed by atoms with Crippen molar-refractivity contribution in [2.75, 3.05) is 13.2 Å². The maximum atomic E-state index is 12.3. The first-order valence-corrected chi connectivity index (χ1v) is 18.9. The number of Topliss-reactive ketones (excluding diaryl/α,β-unsaturated/α-hetero) is 1. The second kappa shape index (κ2) is 35.1. The van der Waals surface area contributed by atoms with Gasteiger partial charge in [0.05, 0.1) is 0 Å². The number of hydrogen-bond acceptors (Lipinski definition) is 10. The van der Waals surface area contributed by atoms with Crippen LogP contribution in [0.3, 0.4) is 0 Å². The van der Waals surface area contributed by atoms with Gasteiger partial charge in [-0.2, -0.15) is 0 Å². The van der Waals surface area contributed by atoms with E-state index >= 15 is 0 Å². The molecule has 0 heterocycles. The van der Waals surface area contributed by atoms with Crippen molar-refractivity contribution in [3.05, 3.63) is 72.9 Å². The van der Waals surface area contributed by atoms with Crippen molar-refractivity contribution in [1.82, 2.24) is 0 Å². The second-order valence-electron chi connectivity index (χ2n) is 12.1. The first-order chi connectivity index (χ1) is 25.2. The zero-order chi connectivity index (χ0) is 38.5. The third-order valence-corrected chi connectivity index (χ3v) is 7.26. The Morgan fingerprint density at radius 1 is 0.519 bits per heavy atom. The Bertz CT molecular complexity index is 1210. The summed E-state index contributed by atoms with van der Waals surface area (Å²) < 4.78 is 20.1. The fourth-order valence-corrected chi connectivity index (χ4v) is 4.39. The summed E-state index contributed by atoms with van der Waals surface area (Å²) in [6, 6.07) is 0. The molecule has 0 amide bonds. The molecule has 0 aromatic carbocycles. The molecule has 0 saturated carbocycles. The molecule has 0 aliphatic carbocycles. The molecule has 1 unspecified atom stereocenters. The monoisotopic (exact) mass is 726 g/mol. The van der Waals surface area contributed by atoms with Crippen molar-refractivity contribution in [1.29, 1.82) is 0 Å². The molecule has 0 aliphatic heterocycles. The Labute approximate surface area is 311 Å². The van der Waals surface area contributed by atoms with Crippen LogP contribution in [0.5, 0.6) is 0 Å². The van der Waals surface area contributed by atoms with Crippen molar-refractivity contribution in [3.8, 4) is 0 Å². The van der Waals surface area contributed by atoms with Gasteiger partial charge in [-0.05, 0) is 57.8 Å². The highest BCUT2D eigenvalue weighted by Gasteiger charge is 2.25. The van der Waals surface area contributed by atoms with Crippen LogP contribution in [0, 0.1) is 0 Å². The molecule has 0 aliphatic rings. The number of unbranched alkanes of at least 4 members (excludes halogenated alkanes) is 7. The Morgan fingerprint density at radius 2 is 1.02 bits per heavy atom. The fraction of sp³-hybridized carbons (Fsp3) is 0.571. The predicted molar refractivity (Wildman–Crippen MR) is 203 cm³/mol. The first-order valence-electron chi connectivity index (χ1n) is 18.9. The van der Waals surface area contributed by atoms with Gasteiger partial charge in [-0.1, -0.05) is 126 Å². The number of carbonyl (C=O) groups is 6. The first kappa shape index (κ1) is 47.7. The molecule has 0 rings (SSSR count). The van der Waals surface area contributed by atoms with Crippen molar-refractivity contribution < 1.29 is 47.7 Å². The summed E-state index contributed by atoms with van der Waals surface area (Å²) in [4.78, 5) is 72.8. The van der Waals surface area contributed by atoms with Gasteiger partial charge >= 0.3 is 29.8 Å². The maximum absolute atomic E-state index is 12.3. The largest absolute Gasteiger partial charge is 0.462 e. The molecule has 0 radical (unpaired) electrons. The van der Waals surface area contributed by atoms with E-state index in [2.05, 4.69) is 67.2 Å². The highest BCUT2D eigenvalue weighted by Crippen LogP contribution is 2.08. The minimum absolute atomic E-state index is 0.145. The van der Waals surface area contributed by atoms with Crippen LogP contribution in [0.1, 0.15) is 136 Å². The number of esters is 5. The van der Waals surface area contributed by atoms with E-state index in [0.717, 1.165) is 76.7 Å². The summed E-state index contributed by atoms with van der Waals surface area (Å²) in [5.74, 6) is -5.79. The Morgan fingerprint density at radius 3 is 1.58 bits per heavy atom. The van der Waals surface area contributed by atoms with Crippen LogP contribution in [0.4, 0.5) is 0 Å². The zero-order valence-electron chi connectivity index (χ0n) is 31.7. The van der Waals surface area contributed by atoms with Gasteiger partial charge in [0.1, 0.15) is 19.6 Å². The van der Waals surface area contributed by atoms with Gasteiger partial charge in [0.2, 0.25) is 0 Å². The molecule has 290 valence electrons. The Hall–Kier alpha value is -4.34. The minimum atomic E-state index is -1.37. The second-order valence-corrected chi connectivity index (χ2v) is 12.1. The van der Waals surface area contributed by atoms with Gasteiger partial charge in [-0.3, -0.25) is 19.2 Å². The molecule has 0 spiro atoms. The Balaban J connectivity index is 4.47. The van der Waals surface area contributed by atoms with E-state index in [9.17, 15) is 28.8 Å². The predicted octanol–water partition coefficient (Wildman–Crippen LogP) is 9.04. The van der Waals surface area contributed by atoms with Crippen LogP contribution in [0.15, 0.2) is 72.9 Å². The van der Waals surface area contributed by atoms with E-state index in [1.807, 2.05) is 19.1 Å². The summed E-state index contributed by atoms with van der Waals surface area (Å²) in [7, 11) is 0. The van der Waals surface area contributed by atoms with Crippen molar-refractivity contribution in [2.45, 2.75) is 142 Å². The molecule has 52 heavy (non-hydrogen) atoms. The van der Waals surface area contributed by atoms with Crippen LogP contribution in [-0.2, 0) is 47.7 Å². The molecule has 0 aromatic heterocycles. The molecule has 10 heteroatoms. The van der Waals surface area contributed by atoms with E-state index in [4.69, 9.17) is 14.2 Å². The van der Waals surface area contributed by atoms with Gasteiger partial charge in [-0.15, -0.1) is 0 Å². The average Bonchev–Trinajstić information content (AvgIpc) is 3.12. The van der Waals surface area contributed by atoms with E-state index in [0.29, 0.717) is 25.7 Å². The summed E-state index contributed by atoms with van der Waals surface area (Å²) >= 11 is 0. The average molecular weight is 727 g/mol. The summed E-state index contributed by atoms with van der Waals surface area (Å²) in [5.41, 5.74) is 0. The Kier molecular flexibility index (Phi) is 32.2. The number of ketones is 1. The molecule has 1 atom stereocenters. The standard InChI is InChI=1S/C42H62O10/c1-4-7-10-13-14-15-16-17-18-19-20-21-22-23-24-25-26-29-32-40(46)52-41(47)33-37(43)42(48)50-35-36(51-39(45)31-28-12-9-6-3)34-49-38(44)30-27-11-8-5-2/h7,10,14-15,17-18,20-21,23-24,29,32,36H,4-6,8-9,11-13,16,19,22,25-28,30-31,33-35H2,1-3H3/b10-7?,15-14?,18-17?,21-20?,24-23?,32-29+. The van der Waals surface area contributed by atoms with Gasteiger partial charge in [0, 0.05) is 18.9 Å². The lowest BCUT2D eigenvalue weighted by Gasteiger charge is -2.18. The normalized spacial score (nSPS) is 12.4. The van der Waals surface area contributed by atoms with Crippen molar-refractivity contribution in [3.63, 3.8) is 0 Å². The molecular formula is C42H62O10. The molecule has 0 fully saturated rings. The van der Waals surface area contributed by atoms with Gasteiger partial charge < -0.3 is 18.9 Å². The lowest BCUT2D eigenvalue weighted by atomic mass is 10.1. The van der Waals surface area contributed by atoms with Crippen LogP contribution in [0.2, 0.25) is 0 Å². The quantitative estimate of drug-likeness (QED) is 0.0129. The number of hydrogen-bond donors (Lipinski definition) is 0. The SMILES string of the molecule is CCC=CCC=CCC=CCC=CCC=CCC/C=C/C(=O)OC(=O)CC(=O)C(=O)OCC(COC(=O)CCCCCC)OC(=O)CCCCCC. The van der Waals surface area contributed by atoms with E-state index in [1.165, 1.54) is 0 Å². The third kappa shape index (κ3) is 31.6. The third-order valence-electron chi connectivity index (χ3n) is 7.26. The van der Waals surface area contributed by atoms with Gasteiger partial charge in [0.25, 0.3) is 5.78 Å². The summed E-state index contributed by atoms with van der Waals surface area (Å²) in [5, 5.41) is 0. The molecule has 0 aromatic rings. The smallest absolute Gasteiger partial charge is 0.375 e. The molecule has 0 N–H and O–H groups in total. The van der Waals surface area contributed by atoms with Crippen LogP contribution >= 0.6 is 0 Å². The van der Waals surface area contributed by atoms with Crippen LogP contribution in [-0.4, -0.2) is 54.9 Å².